The summed E-state index contributed by atoms with van der Waals surface area (Å²) in [5.74, 6) is 2.97. The Morgan fingerprint density at radius 2 is 1.85 bits per heavy atom. The second kappa shape index (κ2) is 8.11. The van der Waals surface area contributed by atoms with Gasteiger partial charge in [-0.15, -0.1) is 0 Å². The van der Waals surface area contributed by atoms with Gasteiger partial charge in [-0.05, 0) is 90.5 Å². The number of amides is 1. The Labute approximate surface area is 199 Å². The Morgan fingerprint density at radius 1 is 1.03 bits per heavy atom. The minimum absolute atomic E-state index is 0.150. The average molecular weight is 459 g/mol. The number of nitrogens with one attached hydrogen (secondary N) is 2. The van der Waals surface area contributed by atoms with Crippen molar-refractivity contribution in [2.45, 2.75) is 31.2 Å². The first-order chi connectivity index (χ1) is 16.1. The van der Waals surface area contributed by atoms with Gasteiger partial charge in [0, 0.05) is 16.3 Å². The molecule has 168 valence electrons. The molecule has 3 aromatic rings. The second-order valence-corrected chi connectivity index (χ2v) is 10.0. The van der Waals surface area contributed by atoms with Crippen molar-refractivity contribution in [1.29, 1.82) is 0 Å². The van der Waals surface area contributed by atoms with Crippen molar-refractivity contribution < 1.29 is 9.53 Å². The third-order valence-corrected chi connectivity index (χ3v) is 8.15. The van der Waals surface area contributed by atoms with Crippen LogP contribution >= 0.6 is 11.6 Å². The van der Waals surface area contributed by atoms with Crippen molar-refractivity contribution in [2.75, 3.05) is 17.7 Å². The Hall–Kier alpha value is -2.98. The summed E-state index contributed by atoms with van der Waals surface area (Å²) in [7, 11) is 1.59. The third kappa shape index (κ3) is 3.48. The molecule has 1 heterocycles. The summed E-state index contributed by atoms with van der Waals surface area (Å²) in [6.45, 7) is 0. The summed E-state index contributed by atoms with van der Waals surface area (Å²) >= 11 is 6.14. The van der Waals surface area contributed by atoms with Gasteiger partial charge in [-0.2, -0.15) is 0 Å². The molecular formula is C28H27ClN2O2. The molecule has 2 N–H and O–H groups in total. The maximum atomic E-state index is 13.2. The number of ether oxygens (including phenoxy) is 1. The van der Waals surface area contributed by atoms with E-state index in [2.05, 4.69) is 53.1 Å². The maximum Gasteiger partial charge on any atom is 0.255 e. The van der Waals surface area contributed by atoms with Gasteiger partial charge in [-0.3, -0.25) is 4.79 Å². The molecule has 5 heteroatoms. The number of anilines is 2. The molecule has 0 spiro atoms. The molecule has 0 unspecified atom stereocenters. The lowest BCUT2D eigenvalue weighted by Gasteiger charge is -2.43. The number of carbonyl (C=O) groups excluding carboxylic acids is 1. The number of carbonyl (C=O) groups is 1. The normalized spacial score (nSPS) is 26.8. The first-order valence-electron chi connectivity index (χ1n) is 11.7. The van der Waals surface area contributed by atoms with Gasteiger partial charge in [0.1, 0.15) is 5.75 Å². The van der Waals surface area contributed by atoms with Gasteiger partial charge in [0.25, 0.3) is 5.91 Å². The Bertz CT molecular complexity index is 1210. The van der Waals surface area contributed by atoms with Crippen LogP contribution in [0.25, 0.3) is 0 Å². The van der Waals surface area contributed by atoms with Crippen molar-refractivity contribution in [3.63, 3.8) is 0 Å². The standard InChI is InChI=1S/C28H27ClN2O2/c1-33-24-12-10-20(29)15-23(24)31-28(32)19-9-11-22-21(14-19)25-17-7-8-18(13-17)26(25)27(30-22)16-5-3-2-4-6-16/h2-6,9-12,14-15,17-18,25-27,30H,7-8,13H2,1H3,(H,31,32)/t17-,18-,25-,26+,27-/m0/s1. The molecule has 2 saturated carbocycles. The predicted molar refractivity (Wildman–Crippen MR) is 132 cm³/mol. The molecule has 0 radical (unpaired) electrons. The number of hydrogen-bond donors (Lipinski definition) is 2. The van der Waals surface area contributed by atoms with Crippen LogP contribution in [0, 0.1) is 17.8 Å². The van der Waals surface area contributed by atoms with Gasteiger partial charge in [-0.25, -0.2) is 0 Å². The van der Waals surface area contributed by atoms with Crippen LogP contribution in [0.5, 0.6) is 5.75 Å². The van der Waals surface area contributed by atoms with Gasteiger partial charge >= 0.3 is 0 Å². The lowest BCUT2D eigenvalue weighted by molar-refractivity contribution is 0.102. The highest BCUT2D eigenvalue weighted by molar-refractivity contribution is 6.31. The molecule has 5 atom stereocenters. The molecule has 4 nitrogen and oxygen atoms in total. The Kier molecular flexibility index (Phi) is 5.06. The first-order valence-corrected chi connectivity index (χ1v) is 12.1. The van der Waals surface area contributed by atoms with Crippen LogP contribution in [0.15, 0.2) is 66.7 Å². The second-order valence-electron chi connectivity index (χ2n) is 9.57. The molecule has 0 saturated heterocycles. The summed E-state index contributed by atoms with van der Waals surface area (Å²) in [6, 6.07) is 22.5. The van der Waals surface area contributed by atoms with Crippen LogP contribution in [-0.2, 0) is 0 Å². The number of methoxy groups -OCH3 is 1. The van der Waals surface area contributed by atoms with E-state index in [1.807, 2.05) is 6.07 Å². The zero-order valence-corrected chi connectivity index (χ0v) is 19.3. The number of hydrogen-bond acceptors (Lipinski definition) is 3. The van der Waals surface area contributed by atoms with Crippen molar-refractivity contribution >= 4 is 28.9 Å². The highest BCUT2D eigenvalue weighted by Gasteiger charge is 2.53. The fourth-order valence-electron chi connectivity index (χ4n) is 6.59. The minimum Gasteiger partial charge on any atom is -0.495 e. The maximum absolute atomic E-state index is 13.2. The fourth-order valence-corrected chi connectivity index (χ4v) is 6.76. The average Bonchev–Trinajstić information content (AvgIpc) is 3.47. The SMILES string of the molecule is COc1ccc(Cl)cc1NC(=O)c1ccc2c(c1)[C@@H]1[C@H]3CC[C@@H](C3)[C@H]1[C@H](c1ccccc1)N2. The van der Waals surface area contributed by atoms with Crippen LogP contribution in [0.3, 0.4) is 0 Å². The van der Waals surface area contributed by atoms with E-state index in [0.29, 0.717) is 45.8 Å². The molecule has 1 aliphatic heterocycles. The topological polar surface area (TPSA) is 50.4 Å². The summed E-state index contributed by atoms with van der Waals surface area (Å²) in [6.07, 6.45) is 3.92. The molecule has 3 aromatic carbocycles. The van der Waals surface area contributed by atoms with E-state index in [1.165, 1.54) is 30.4 Å². The minimum atomic E-state index is -0.150. The smallest absolute Gasteiger partial charge is 0.255 e. The van der Waals surface area contributed by atoms with Gasteiger partial charge in [0.2, 0.25) is 0 Å². The van der Waals surface area contributed by atoms with Crippen molar-refractivity contribution in [3.05, 3.63) is 88.4 Å². The van der Waals surface area contributed by atoms with Gasteiger partial charge < -0.3 is 15.4 Å². The summed E-state index contributed by atoms with van der Waals surface area (Å²) in [5, 5.41) is 7.38. The predicted octanol–water partition coefficient (Wildman–Crippen LogP) is 6.90. The molecule has 33 heavy (non-hydrogen) atoms. The first kappa shape index (κ1) is 20.6. The molecule has 2 aliphatic carbocycles. The molecule has 0 aromatic heterocycles. The fraction of sp³-hybridized carbons (Fsp3) is 0.321. The van der Waals surface area contributed by atoms with Gasteiger partial charge in [0.15, 0.2) is 0 Å². The number of rotatable bonds is 4. The Balaban J connectivity index is 1.34. The van der Waals surface area contributed by atoms with Crippen LogP contribution in [0.1, 0.15) is 52.7 Å². The van der Waals surface area contributed by atoms with E-state index in [4.69, 9.17) is 16.3 Å². The van der Waals surface area contributed by atoms with Crippen molar-refractivity contribution in [2.24, 2.45) is 17.8 Å². The lowest BCUT2D eigenvalue weighted by atomic mass is 9.68. The molecule has 6 rings (SSSR count). The van der Waals surface area contributed by atoms with Crippen molar-refractivity contribution in [3.8, 4) is 5.75 Å². The van der Waals surface area contributed by atoms with Crippen LogP contribution < -0.4 is 15.4 Å². The zero-order chi connectivity index (χ0) is 22.5. The molecule has 1 amide bonds. The number of fused-ring (bicyclic) bond motifs is 7. The van der Waals surface area contributed by atoms with E-state index in [9.17, 15) is 4.79 Å². The lowest BCUT2D eigenvalue weighted by Crippen LogP contribution is -2.35. The molecule has 2 fully saturated rings. The van der Waals surface area contributed by atoms with E-state index < -0.39 is 0 Å². The van der Waals surface area contributed by atoms with E-state index in [1.54, 1.807) is 25.3 Å². The Morgan fingerprint density at radius 3 is 2.67 bits per heavy atom. The largest absolute Gasteiger partial charge is 0.495 e. The van der Waals surface area contributed by atoms with Gasteiger partial charge in [0.05, 0.1) is 18.8 Å². The highest BCUT2D eigenvalue weighted by Crippen LogP contribution is 2.63. The summed E-state index contributed by atoms with van der Waals surface area (Å²) < 4.78 is 5.39. The van der Waals surface area contributed by atoms with E-state index in [0.717, 1.165) is 11.6 Å². The quantitative estimate of drug-likeness (QED) is 0.447. The highest BCUT2D eigenvalue weighted by atomic mass is 35.5. The van der Waals surface area contributed by atoms with E-state index >= 15 is 0 Å². The van der Waals surface area contributed by atoms with Gasteiger partial charge in [-0.1, -0.05) is 41.9 Å². The third-order valence-electron chi connectivity index (χ3n) is 7.92. The monoisotopic (exact) mass is 458 g/mol. The number of benzene rings is 3. The van der Waals surface area contributed by atoms with Crippen LogP contribution in [0.2, 0.25) is 5.02 Å². The summed E-state index contributed by atoms with van der Waals surface area (Å²) in [5.41, 5.74) is 5.06. The molecular weight excluding hydrogens is 432 g/mol. The zero-order valence-electron chi connectivity index (χ0n) is 18.6. The van der Waals surface area contributed by atoms with Crippen LogP contribution in [0.4, 0.5) is 11.4 Å². The van der Waals surface area contributed by atoms with Crippen molar-refractivity contribution in [1.82, 2.24) is 0 Å². The molecule has 2 bridgehead atoms. The summed E-state index contributed by atoms with van der Waals surface area (Å²) in [4.78, 5) is 13.2. The molecule has 3 aliphatic rings. The van der Waals surface area contributed by atoms with E-state index in [-0.39, 0.29) is 5.91 Å². The van der Waals surface area contributed by atoms with Crippen LogP contribution in [-0.4, -0.2) is 13.0 Å². The number of halogens is 1.